The maximum absolute atomic E-state index is 11.5. The van der Waals surface area contributed by atoms with Gasteiger partial charge < -0.3 is 37.9 Å². The number of rotatable bonds is 38. The molecule has 0 fully saturated rings. The van der Waals surface area contributed by atoms with Crippen LogP contribution in [-0.4, -0.2) is 105 Å². The van der Waals surface area contributed by atoms with E-state index in [0.717, 1.165) is 38.7 Å². The molecule has 9 heteroatoms. The quantitative estimate of drug-likeness (QED) is 0.0538. The molecule has 0 saturated carbocycles. The van der Waals surface area contributed by atoms with Crippen LogP contribution in [0.15, 0.2) is 0 Å². The molecule has 258 valence electrons. The standard InChI is InChI=1S/C34H68O9/c1-3-5-7-9-10-11-12-13-14-15-17-19-36-20-21-37-22-23-38-24-25-39-26-27-40-28-29-41-30-31-42-32-33-43-34(35)18-16-8-6-4-2/h3-33H2,1-2H3. The summed E-state index contributed by atoms with van der Waals surface area (Å²) in [7, 11) is 0. The number of ether oxygens (including phenoxy) is 8. The maximum Gasteiger partial charge on any atom is 0.305 e. The second-order valence-corrected chi connectivity index (χ2v) is 10.9. The van der Waals surface area contributed by atoms with Crippen LogP contribution in [0.2, 0.25) is 0 Å². The molecule has 0 spiro atoms. The fourth-order valence-corrected chi connectivity index (χ4v) is 4.27. The molecule has 0 N–H and O–H groups in total. The van der Waals surface area contributed by atoms with Crippen LogP contribution in [0, 0.1) is 0 Å². The number of esters is 1. The zero-order valence-corrected chi connectivity index (χ0v) is 28.1. The number of unbranched alkanes of at least 4 members (excludes halogenated alkanes) is 13. The summed E-state index contributed by atoms with van der Waals surface area (Å²) in [6.07, 6.45) is 19.7. The molecule has 43 heavy (non-hydrogen) atoms. The summed E-state index contributed by atoms with van der Waals surface area (Å²) in [6.45, 7) is 12.4. The lowest BCUT2D eigenvalue weighted by Crippen LogP contribution is -2.15. The Kier molecular flexibility index (Phi) is 38.5. The maximum atomic E-state index is 11.5. The van der Waals surface area contributed by atoms with Crippen molar-refractivity contribution < 1.29 is 42.7 Å². The first kappa shape index (κ1) is 42.2. The van der Waals surface area contributed by atoms with Crippen molar-refractivity contribution in [2.75, 3.05) is 99.1 Å². The van der Waals surface area contributed by atoms with Crippen molar-refractivity contribution in [1.29, 1.82) is 0 Å². The van der Waals surface area contributed by atoms with E-state index in [1.807, 2.05) is 0 Å². The molecule has 0 radical (unpaired) electrons. The van der Waals surface area contributed by atoms with Crippen LogP contribution in [0.4, 0.5) is 0 Å². The number of carbonyl (C=O) groups excluding carboxylic acids is 1. The average molecular weight is 621 g/mol. The smallest absolute Gasteiger partial charge is 0.305 e. The zero-order valence-electron chi connectivity index (χ0n) is 28.1. The fourth-order valence-electron chi connectivity index (χ4n) is 4.27. The molecule has 0 saturated heterocycles. The molecule has 0 amide bonds. The van der Waals surface area contributed by atoms with Crippen molar-refractivity contribution in [3.05, 3.63) is 0 Å². The van der Waals surface area contributed by atoms with Crippen LogP contribution in [0.25, 0.3) is 0 Å². The lowest BCUT2D eigenvalue weighted by Gasteiger charge is -2.09. The summed E-state index contributed by atoms with van der Waals surface area (Å²) in [4.78, 5) is 11.5. The third-order valence-electron chi connectivity index (χ3n) is 6.85. The molecule has 0 rings (SSSR count). The number of hydrogen-bond donors (Lipinski definition) is 0. The van der Waals surface area contributed by atoms with Crippen LogP contribution in [0.1, 0.15) is 117 Å². The Morgan fingerprint density at radius 3 is 0.977 bits per heavy atom. The largest absolute Gasteiger partial charge is 0.463 e. The highest BCUT2D eigenvalue weighted by Gasteiger charge is 2.02. The third kappa shape index (κ3) is 39.2. The lowest BCUT2D eigenvalue weighted by molar-refractivity contribution is -0.145. The van der Waals surface area contributed by atoms with Crippen LogP contribution in [0.5, 0.6) is 0 Å². The molecule has 9 nitrogen and oxygen atoms in total. The molecule has 0 aromatic carbocycles. The summed E-state index contributed by atoms with van der Waals surface area (Å²) >= 11 is 0. The summed E-state index contributed by atoms with van der Waals surface area (Å²) in [5, 5.41) is 0. The highest BCUT2D eigenvalue weighted by molar-refractivity contribution is 5.69. The van der Waals surface area contributed by atoms with Gasteiger partial charge in [0.1, 0.15) is 6.61 Å². The highest BCUT2D eigenvalue weighted by atomic mass is 16.6. The second kappa shape index (κ2) is 39.2. The van der Waals surface area contributed by atoms with E-state index in [0.29, 0.717) is 98.9 Å². The van der Waals surface area contributed by atoms with Crippen molar-refractivity contribution in [3.63, 3.8) is 0 Å². The minimum Gasteiger partial charge on any atom is -0.463 e. The molecule has 0 unspecified atom stereocenters. The first-order valence-corrected chi connectivity index (χ1v) is 17.5. The van der Waals surface area contributed by atoms with E-state index < -0.39 is 0 Å². The SMILES string of the molecule is CCCCCCCCCCCCCOCCOCCOCCOCCOCCOCCOCCOC(=O)CCCCCC. The Morgan fingerprint density at radius 2 is 0.605 bits per heavy atom. The van der Waals surface area contributed by atoms with Gasteiger partial charge in [-0.3, -0.25) is 4.79 Å². The van der Waals surface area contributed by atoms with Crippen LogP contribution >= 0.6 is 0 Å². The van der Waals surface area contributed by atoms with Gasteiger partial charge in [0.05, 0.1) is 85.9 Å². The van der Waals surface area contributed by atoms with Crippen molar-refractivity contribution in [3.8, 4) is 0 Å². The summed E-state index contributed by atoms with van der Waals surface area (Å²) in [5.74, 6) is -0.143. The first-order chi connectivity index (χ1) is 21.3. The molecular formula is C34H68O9. The van der Waals surface area contributed by atoms with Gasteiger partial charge >= 0.3 is 5.97 Å². The van der Waals surface area contributed by atoms with Crippen LogP contribution in [-0.2, 0) is 42.7 Å². The normalized spacial score (nSPS) is 11.4. The van der Waals surface area contributed by atoms with E-state index >= 15 is 0 Å². The zero-order chi connectivity index (χ0) is 31.2. The van der Waals surface area contributed by atoms with Gasteiger partial charge in [-0.25, -0.2) is 0 Å². The topological polar surface area (TPSA) is 90.9 Å². The molecule has 0 aromatic heterocycles. The molecule has 0 atom stereocenters. The first-order valence-electron chi connectivity index (χ1n) is 17.5. The van der Waals surface area contributed by atoms with E-state index in [2.05, 4.69) is 13.8 Å². The van der Waals surface area contributed by atoms with Crippen LogP contribution < -0.4 is 0 Å². The Balaban J connectivity index is 3.07. The lowest BCUT2D eigenvalue weighted by atomic mass is 10.1. The second-order valence-electron chi connectivity index (χ2n) is 10.9. The molecule has 0 aliphatic rings. The van der Waals surface area contributed by atoms with Gasteiger partial charge in [0, 0.05) is 13.0 Å². The van der Waals surface area contributed by atoms with E-state index in [1.54, 1.807) is 0 Å². The summed E-state index contributed by atoms with van der Waals surface area (Å²) < 4.78 is 43.7. The van der Waals surface area contributed by atoms with Gasteiger partial charge in [0.25, 0.3) is 0 Å². The molecular weight excluding hydrogens is 552 g/mol. The predicted molar refractivity (Wildman–Crippen MR) is 172 cm³/mol. The predicted octanol–water partition coefficient (Wildman–Crippen LogP) is 6.93. The van der Waals surface area contributed by atoms with Gasteiger partial charge in [-0.05, 0) is 12.8 Å². The Bertz CT molecular complexity index is 522. The minimum atomic E-state index is -0.143. The van der Waals surface area contributed by atoms with E-state index in [9.17, 15) is 4.79 Å². The summed E-state index contributed by atoms with van der Waals surface area (Å²) in [5.41, 5.74) is 0. The fraction of sp³-hybridized carbons (Fsp3) is 0.971. The number of hydrogen-bond acceptors (Lipinski definition) is 9. The van der Waals surface area contributed by atoms with Gasteiger partial charge in [-0.1, -0.05) is 97.3 Å². The molecule has 0 aliphatic heterocycles. The van der Waals surface area contributed by atoms with Gasteiger partial charge in [-0.2, -0.15) is 0 Å². The summed E-state index contributed by atoms with van der Waals surface area (Å²) in [6, 6.07) is 0. The van der Waals surface area contributed by atoms with E-state index in [-0.39, 0.29) is 5.97 Å². The van der Waals surface area contributed by atoms with Gasteiger partial charge in [0.2, 0.25) is 0 Å². The Labute approximate surface area is 264 Å². The van der Waals surface area contributed by atoms with Gasteiger partial charge in [-0.15, -0.1) is 0 Å². The van der Waals surface area contributed by atoms with Crippen LogP contribution in [0.3, 0.4) is 0 Å². The highest BCUT2D eigenvalue weighted by Crippen LogP contribution is 2.11. The van der Waals surface area contributed by atoms with Crippen molar-refractivity contribution in [1.82, 2.24) is 0 Å². The van der Waals surface area contributed by atoms with E-state index in [1.165, 1.54) is 64.2 Å². The van der Waals surface area contributed by atoms with Crippen molar-refractivity contribution in [2.24, 2.45) is 0 Å². The molecule has 0 aromatic rings. The van der Waals surface area contributed by atoms with Crippen molar-refractivity contribution >= 4 is 5.97 Å². The van der Waals surface area contributed by atoms with E-state index in [4.69, 9.17) is 37.9 Å². The molecule has 0 aliphatic carbocycles. The number of carbonyl (C=O) groups is 1. The van der Waals surface area contributed by atoms with Gasteiger partial charge in [0.15, 0.2) is 0 Å². The molecule has 0 heterocycles. The van der Waals surface area contributed by atoms with Crippen molar-refractivity contribution in [2.45, 2.75) is 117 Å². The average Bonchev–Trinajstić information content (AvgIpc) is 3.01. The minimum absolute atomic E-state index is 0.143. The molecule has 0 bridgehead atoms. The monoisotopic (exact) mass is 620 g/mol. The Morgan fingerprint density at radius 1 is 0.326 bits per heavy atom. The third-order valence-corrected chi connectivity index (χ3v) is 6.85. The Hall–Kier alpha value is -0.810.